The molecule has 0 bridgehead atoms. The molecule has 3 fully saturated rings. The molecule has 0 aromatic rings. The second-order valence-corrected chi connectivity index (χ2v) is 18.3. The van der Waals surface area contributed by atoms with E-state index in [1.54, 1.807) is 34.6 Å². The van der Waals surface area contributed by atoms with Crippen LogP contribution in [0.5, 0.6) is 0 Å². The van der Waals surface area contributed by atoms with Crippen molar-refractivity contribution in [3.8, 4) is 0 Å². The molecule has 19 atom stereocenters. The lowest BCUT2D eigenvalue weighted by atomic mass is 9.70. The number of ether oxygens (including phenoxy) is 7. The van der Waals surface area contributed by atoms with Crippen LogP contribution < -0.4 is 11.1 Å². The summed E-state index contributed by atoms with van der Waals surface area (Å²) in [7, 11) is 1.52. The van der Waals surface area contributed by atoms with Crippen LogP contribution in [-0.2, 0) is 38.0 Å². The van der Waals surface area contributed by atoms with Crippen molar-refractivity contribution < 1.29 is 63.2 Å². The number of nitrogens with one attached hydrogen (secondary N) is 1. The summed E-state index contributed by atoms with van der Waals surface area (Å²) in [6.07, 6.45) is -7.27. The van der Waals surface area contributed by atoms with Crippen LogP contribution in [0.1, 0.15) is 122 Å². The summed E-state index contributed by atoms with van der Waals surface area (Å²) in [6, 6.07) is 0. The highest BCUT2D eigenvalue weighted by molar-refractivity contribution is 5.73. The van der Waals surface area contributed by atoms with Crippen LogP contribution in [0, 0.1) is 35.5 Å². The maximum atomic E-state index is 14.3. The van der Waals surface area contributed by atoms with Crippen molar-refractivity contribution in [3.63, 3.8) is 0 Å². The number of amides is 1. The highest BCUT2D eigenvalue weighted by Gasteiger charge is 2.54. The van der Waals surface area contributed by atoms with Gasteiger partial charge in [-0.15, -0.1) is 0 Å². The van der Waals surface area contributed by atoms with E-state index in [0.29, 0.717) is 25.9 Å². The van der Waals surface area contributed by atoms with Crippen molar-refractivity contribution in [1.82, 2.24) is 5.32 Å². The average molecular weight is 819 g/mol. The number of methoxy groups -OCH3 is 1. The number of aliphatic hydroxyl groups excluding tert-OH is 2. The van der Waals surface area contributed by atoms with E-state index >= 15 is 0 Å². The molecular formula is C42H78N2O13. The van der Waals surface area contributed by atoms with Gasteiger partial charge in [-0.25, -0.2) is 4.79 Å². The van der Waals surface area contributed by atoms with Gasteiger partial charge < -0.3 is 64.6 Å². The number of carbonyl (C=O) groups is 2. The van der Waals surface area contributed by atoms with Gasteiger partial charge >= 0.3 is 12.1 Å². The number of hydrogen-bond acceptors (Lipinski definition) is 14. The van der Waals surface area contributed by atoms with E-state index < -0.39 is 102 Å². The van der Waals surface area contributed by atoms with Crippen molar-refractivity contribution >= 4 is 12.1 Å². The molecule has 0 radical (unpaired) electrons. The second kappa shape index (κ2) is 20.7. The minimum atomic E-state index is -1.80. The largest absolute Gasteiger partial charge is 0.459 e. The van der Waals surface area contributed by atoms with Gasteiger partial charge in [0.1, 0.15) is 23.4 Å². The number of aliphatic hydroxyl groups is 4. The van der Waals surface area contributed by atoms with E-state index in [-0.39, 0.29) is 43.1 Å². The van der Waals surface area contributed by atoms with E-state index in [1.165, 1.54) is 14.0 Å². The van der Waals surface area contributed by atoms with Crippen LogP contribution in [0.2, 0.25) is 0 Å². The molecule has 57 heavy (non-hydrogen) atoms. The van der Waals surface area contributed by atoms with Crippen molar-refractivity contribution in [2.45, 2.75) is 200 Å². The highest BCUT2D eigenvalue weighted by atomic mass is 16.7. The molecule has 3 saturated heterocycles. The monoisotopic (exact) mass is 819 g/mol. The first-order valence-corrected chi connectivity index (χ1v) is 21.3. The Balaban J connectivity index is 2.09. The first-order chi connectivity index (χ1) is 26.4. The van der Waals surface area contributed by atoms with Crippen LogP contribution in [-0.4, -0.2) is 131 Å². The fraction of sp³-hybridized carbons (Fsp3) is 0.952. The van der Waals surface area contributed by atoms with Gasteiger partial charge in [0.25, 0.3) is 0 Å². The molecule has 3 aliphatic rings. The van der Waals surface area contributed by atoms with E-state index in [2.05, 4.69) is 5.32 Å². The molecule has 0 saturated carbocycles. The summed E-state index contributed by atoms with van der Waals surface area (Å²) in [6.45, 7) is 22.5. The van der Waals surface area contributed by atoms with Gasteiger partial charge in [-0.2, -0.15) is 0 Å². The molecular weight excluding hydrogens is 740 g/mol. The van der Waals surface area contributed by atoms with E-state index in [0.717, 1.165) is 6.42 Å². The van der Waals surface area contributed by atoms with Crippen molar-refractivity contribution in [2.75, 3.05) is 20.2 Å². The Hall–Kier alpha value is -1.66. The standard InChI is InChI=1S/C42H78N2O13/c1-14-30-42(12,50)34(46)26(6)25(5)23(3)20-40(10,49)35(56-38-32(45)22(2)19-24(4)52-38)27(7)33(28(8)37(47)54-30)55-31-21-41(11,51-13)36(29(9)53-31)57-39(48)44-18-16-15-17-43/h22-36,38,45-46,49-50H,14-21,43H2,1-13H3,(H,44,48)/t22?,23-,24?,25+,26+,27+,28-,29?,30-,31?,32?,33+,34-,35-,36?,38?,40-,41?,42-/m1/s1. The molecule has 8 unspecified atom stereocenters. The van der Waals surface area contributed by atoms with E-state index in [4.69, 9.17) is 38.9 Å². The highest BCUT2D eigenvalue weighted by Crippen LogP contribution is 2.43. The summed E-state index contributed by atoms with van der Waals surface area (Å²) in [4.78, 5) is 27.1. The van der Waals surface area contributed by atoms with Gasteiger partial charge in [0, 0.05) is 26.0 Å². The smallest absolute Gasteiger partial charge is 0.407 e. The number of unbranched alkanes of at least 4 members (excludes halogenated alkanes) is 1. The van der Waals surface area contributed by atoms with Crippen molar-refractivity contribution in [2.24, 2.45) is 41.2 Å². The van der Waals surface area contributed by atoms with Crippen molar-refractivity contribution in [1.29, 1.82) is 0 Å². The fourth-order valence-electron chi connectivity index (χ4n) is 9.33. The Bertz CT molecular complexity index is 1270. The normalized spacial score (nSPS) is 46.7. The Morgan fingerprint density at radius 3 is 2.14 bits per heavy atom. The second-order valence-electron chi connectivity index (χ2n) is 18.3. The van der Waals surface area contributed by atoms with Gasteiger partial charge in [-0.1, -0.05) is 41.5 Å². The molecule has 0 aromatic heterocycles. The fourth-order valence-corrected chi connectivity index (χ4v) is 9.33. The predicted molar refractivity (Wildman–Crippen MR) is 213 cm³/mol. The summed E-state index contributed by atoms with van der Waals surface area (Å²) in [5.74, 6) is -3.50. The number of cyclic esters (lactones) is 1. The minimum absolute atomic E-state index is 0.0935. The summed E-state index contributed by atoms with van der Waals surface area (Å²) in [5.41, 5.74) is 1.11. The number of carbonyl (C=O) groups excluding carboxylic acids is 2. The zero-order valence-corrected chi connectivity index (χ0v) is 36.9. The molecule has 1 amide bonds. The van der Waals surface area contributed by atoms with Gasteiger partial charge in [-0.3, -0.25) is 4.79 Å². The third-order valence-electron chi connectivity index (χ3n) is 13.4. The maximum Gasteiger partial charge on any atom is 0.407 e. The Morgan fingerprint density at radius 1 is 0.895 bits per heavy atom. The van der Waals surface area contributed by atoms with Gasteiger partial charge in [0.05, 0.1) is 42.0 Å². The summed E-state index contributed by atoms with van der Waals surface area (Å²) in [5, 5.41) is 50.0. The Labute approximate surface area is 341 Å². The molecule has 15 nitrogen and oxygen atoms in total. The minimum Gasteiger partial charge on any atom is -0.459 e. The maximum absolute atomic E-state index is 14.3. The third-order valence-corrected chi connectivity index (χ3v) is 13.4. The quantitative estimate of drug-likeness (QED) is 0.128. The lowest BCUT2D eigenvalue weighted by molar-refractivity contribution is -0.318. The Kier molecular flexibility index (Phi) is 18.1. The number of nitrogens with two attached hydrogens (primary N) is 1. The number of alkyl carbamates (subject to hydrolysis) is 1. The lowest BCUT2D eigenvalue weighted by Gasteiger charge is -2.49. The molecule has 7 N–H and O–H groups in total. The SMILES string of the molecule is CC[C@H]1OC(=O)[C@H](C)[C@@H](OC2CC(C)(OC)C(OC(=O)NCCCCN)C(C)O2)[C@H](C)[C@@H](OC2OC(C)CC(C)C2O)[C@](C)(O)C[C@@H](C)[C@H](C)[C@H](C)[C@@H](O)[C@]1(C)O. The van der Waals surface area contributed by atoms with Gasteiger partial charge in [0.15, 0.2) is 18.7 Å². The zero-order chi connectivity index (χ0) is 43.2. The average Bonchev–Trinajstić information content (AvgIpc) is 3.14. The van der Waals surface area contributed by atoms with Crippen LogP contribution in [0.25, 0.3) is 0 Å². The Morgan fingerprint density at radius 2 is 1.54 bits per heavy atom. The van der Waals surface area contributed by atoms with E-state index in [9.17, 15) is 30.0 Å². The lowest BCUT2D eigenvalue weighted by Crippen LogP contribution is -2.61. The molecule has 3 aliphatic heterocycles. The van der Waals surface area contributed by atoms with Gasteiger partial charge in [-0.05, 0) is 104 Å². The third kappa shape index (κ3) is 12.0. The first kappa shape index (κ1) is 49.7. The number of esters is 1. The topological polar surface area (TPSA) is 218 Å². The molecule has 15 heteroatoms. The van der Waals surface area contributed by atoms with Crippen LogP contribution in [0.4, 0.5) is 4.79 Å². The first-order valence-electron chi connectivity index (χ1n) is 21.3. The predicted octanol–water partition coefficient (Wildman–Crippen LogP) is 4.03. The molecule has 3 heterocycles. The summed E-state index contributed by atoms with van der Waals surface area (Å²) < 4.78 is 43.9. The van der Waals surface area contributed by atoms with Crippen LogP contribution >= 0.6 is 0 Å². The number of hydrogen-bond donors (Lipinski definition) is 6. The summed E-state index contributed by atoms with van der Waals surface area (Å²) >= 11 is 0. The van der Waals surface area contributed by atoms with Crippen LogP contribution in [0.15, 0.2) is 0 Å². The molecule has 334 valence electrons. The van der Waals surface area contributed by atoms with E-state index in [1.807, 2.05) is 41.5 Å². The molecule has 0 aliphatic carbocycles. The molecule has 3 rings (SSSR count). The van der Waals surface area contributed by atoms with Gasteiger partial charge in [0.2, 0.25) is 0 Å². The molecule has 0 aromatic carbocycles. The molecule has 0 spiro atoms. The zero-order valence-electron chi connectivity index (χ0n) is 36.9. The van der Waals surface area contributed by atoms with Crippen LogP contribution in [0.3, 0.4) is 0 Å². The van der Waals surface area contributed by atoms with Crippen molar-refractivity contribution in [3.05, 3.63) is 0 Å². The number of rotatable bonds is 11.